The van der Waals surface area contributed by atoms with E-state index in [0.29, 0.717) is 12.0 Å². The van der Waals surface area contributed by atoms with Gasteiger partial charge in [0.05, 0.1) is 16.2 Å². The van der Waals surface area contributed by atoms with Crippen molar-refractivity contribution in [2.45, 2.75) is 49.3 Å². The second-order valence-corrected chi connectivity index (χ2v) is 7.12. The number of hydrogen-bond acceptors (Lipinski definition) is 3. The topological polar surface area (TPSA) is 46.2 Å². The molecule has 2 unspecified atom stereocenters. The van der Waals surface area contributed by atoms with Crippen molar-refractivity contribution in [2.24, 2.45) is 0 Å². The normalized spacial score (nSPS) is 24.4. The van der Waals surface area contributed by atoms with Gasteiger partial charge in [-0.25, -0.2) is 12.8 Å². The van der Waals surface area contributed by atoms with E-state index < -0.39 is 20.9 Å². The zero-order valence-electron chi connectivity index (χ0n) is 11.3. The molecule has 2 atom stereocenters. The Morgan fingerprint density at radius 2 is 2.00 bits per heavy atom. The van der Waals surface area contributed by atoms with Crippen LogP contribution < -0.4 is 5.32 Å². The largest absolute Gasteiger partial charge is 0.309 e. The number of sulfone groups is 1. The molecule has 1 N–H and O–H groups in total. The van der Waals surface area contributed by atoms with E-state index >= 15 is 0 Å². The predicted molar refractivity (Wildman–Crippen MR) is 73.3 cm³/mol. The highest BCUT2D eigenvalue weighted by Crippen LogP contribution is 2.41. The molecule has 1 aromatic carbocycles. The molecule has 0 spiro atoms. The lowest BCUT2D eigenvalue weighted by Gasteiger charge is -2.20. The van der Waals surface area contributed by atoms with Crippen LogP contribution in [0.2, 0.25) is 0 Å². The first-order valence-corrected chi connectivity index (χ1v) is 8.33. The highest BCUT2D eigenvalue weighted by molar-refractivity contribution is 7.92. The molecule has 0 aromatic heterocycles. The van der Waals surface area contributed by atoms with Crippen LogP contribution in [-0.4, -0.2) is 20.2 Å². The van der Waals surface area contributed by atoms with Gasteiger partial charge in [0.1, 0.15) is 5.82 Å². The highest BCUT2D eigenvalue weighted by atomic mass is 32.2. The molecule has 19 heavy (non-hydrogen) atoms. The van der Waals surface area contributed by atoms with E-state index in [9.17, 15) is 12.8 Å². The Balaban J connectivity index is 2.47. The van der Waals surface area contributed by atoms with Gasteiger partial charge >= 0.3 is 0 Å². The Morgan fingerprint density at radius 3 is 2.63 bits per heavy atom. The molecule has 0 aliphatic carbocycles. The Kier molecular flexibility index (Phi) is 4.26. The van der Waals surface area contributed by atoms with Crippen LogP contribution in [-0.2, 0) is 9.84 Å². The first-order valence-electron chi connectivity index (χ1n) is 6.79. The van der Waals surface area contributed by atoms with E-state index in [-0.39, 0.29) is 10.9 Å². The van der Waals surface area contributed by atoms with Crippen molar-refractivity contribution < 1.29 is 12.8 Å². The average Bonchev–Trinajstić information content (AvgIpc) is 2.57. The standard InChI is InChI=1S/C14H20FNO2S/c1-3-5-12-14(16-8-4-2)11-7-6-10(15)9-13(11)19(12,17)18/h6-7,9,12,14,16H,3-5,8H2,1-2H3. The summed E-state index contributed by atoms with van der Waals surface area (Å²) in [5, 5.41) is 2.82. The van der Waals surface area contributed by atoms with Crippen molar-refractivity contribution in [3.8, 4) is 0 Å². The zero-order valence-corrected chi connectivity index (χ0v) is 12.1. The van der Waals surface area contributed by atoms with Crippen LogP contribution in [0.15, 0.2) is 23.1 Å². The number of benzene rings is 1. The molecule has 1 aliphatic rings. The van der Waals surface area contributed by atoms with Gasteiger partial charge in [-0.2, -0.15) is 0 Å². The predicted octanol–water partition coefficient (Wildman–Crippen LogP) is 2.82. The summed E-state index contributed by atoms with van der Waals surface area (Å²) in [6.07, 6.45) is 2.33. The Bertz CT molecular complexity index is 557. The van der Waals surface area contributed by atoms with Crippen LogP contribution in [0, 0.1) is 5.82 Å². The average molecular weight is 285 g/mol. The first-order chi connectivity index (χ1) is 9.02. The molecule has 5 heteroatoms. The van der Waals surface area contributed by atoms with Gasteiger partial charge in [-0.1, -0.05) is 26.3 Å². The minimum absolute atomic E-state index is 0.166. The molecule has 0 saturated heterocycles. The molecular formula is C14H20FNO2S. The van der Waals surface area contributed by atoms with Gasteiger partial charge < -0.3 is 5.32 Å². The Morgan fingerprint density at radius 1 is 1.26 bits per heavy atom. The van der Waals surface area contributed by atoms with Crippen molar-refractivity contribution in [3.63, 3.8) is 0 Å². The lowest BCUT2D eigenvalue weighted by atomic mass is 10.0. The Hall–Kier alpha value is -0.940. The first kappa shape index (κ1) is 14.5. The lowest BCUT2D eigenvalue weighted by Crippen LogP contribution is -2.32. The van der Waals surface area contributed by atoms with Crippen molar-refractivity contribution in [3.05, 3.63) is 29.6 Å². The minimum Gasteiger partial charge on any atom is -0.309 e. The monoisotopic (exact) mass is 285 g/mol. The molecule has 1 aromatic rings. The number of fused-ring (bicyclic) bond motifs is 1. The SMILES string of the molecule is CCCNC1c2ccc(F)cc2S(=O)(=O)C1CCC. The number of halogens is 1. The third-order valence-electron chi connectivity index (χ3n) is 3.57. The van der Waals surface area contributed by atoms with Crippen molar-refractivity contribution in [1.29, 1.82) is 0 Å². The number of nitrogens with one attached hydrogen (secondary N) is 1. The molecule has 0 bridgehead atoms. The van der Waals surface area contributed by atoms with E-state index in [1.165, 1.54) is 6.07 Å². The summed E-state index contributed by atoms with van der Waals surface area (Å²) < 4.78 is 38.3. The summed E-state index contributed by atoms with van der Waals surface area (Å²) in [5.74, 6) is -0.492. The van der Waals surface area contributed by atoms with Crippen LogP contribution in [0.5, 0.6) is 0 Å². The smallest absolute Gasteiger partial charge is 0.183 e. The van der Waals surface area contributed by atoms with Crippen LogP contribution >= 0.6 is 0 Å². The summed E-state index contributed by atoms with van der Waals surface area (Å²) >= 11 is 0. The van der Waals surface area contributed by atoms with Crippen molar-refractivity contribution in [1.82, 2.24) is 5.32 Å². The quantitative estimate of drug-likeness (QED) is 0.905. The highest BCUT2D eigenvalue weighted by Gasteiger charge is 2.44. The van der Waals surface area contributed by atoms with Crippen molar-refractivity contribution >= 4 is 9.84 Å². The summed E-state index contributed by atoms with van der Waals surface area (Å²) in [5.41, 5.74) is 0.716. The third kappa shape index (κ3) is 2.54. The molecule has 3 nitrogen and oxygen atoms in total. The zero-order chi connectivity index (χ0) is 14.0. The molecule has 1 aliphatic heterocycles. The molecule has 0 amide bonds. The Labute approximate surface area is 114 Å². The van der Waals surface area contributed by atoms with Crippen molar-refractivity contribution in [2.75, 3.05) is 6.54 Å². The van der Waals surface area contributed by atoms with Gasteiger partial charge in [0.25, 0.3) is 0 Å². The maximum atomic E-state index is 13.3. The molecule has 106 valence electrons. The number of rotatable bonds is 5. The summed E-state index contributed by atoms with van der Waals surface area (Å²) in [4.78, 5) is 0.166. The van der Waals surface area contributed by atoms with Gasteiger partial charge in [-0.3, -0.25) is 0 Å². The van der Waals surface area contributed by atoms with E-state index in [4.69, 9.17) is 0 Å². The summed E-state index contributed by atoms with van der Waals surface area (Å²) in [6.45, 7) is 4.77. The number of hydrogen-bond donors (Lipinski definition) is 1. The third-order valence-corrected chi connectivity index (χ3v) is 5.85. The second-order valence-electron chi connectivity index (χ2n) is 4.99. The molecule has 2 rings (SSSR count). The maximum absolute atomic E-state index is 13.3. The molecule has 0 fully saturated rings. The van der Waals surface area contributed by atoms with E-state index in [0.717, 1.165) is 25.5 Å². The fraction of sp³-hybridized carbons (Fsp3) is 0.571. The van der Waals surface area contributed by atoms with Crippen LogP contribution in [0.3, 0.4) is 0 Å². The van der Waals surface area contributed by atoms with E-state index in [1.54, 1.807) is 6.07 Å². The fourth-order valence-corrected chi connectivity index (χ4v) is 4.98. The van der Waals surface area contributed by atoms with Gasteiger partial charge in [-0.05, 0) is 37.1 Å². The summed E-state index contributed by atoms with van der Waals surface area (Å²) in [7, 11) is -3.41. The van der Waals surface area contributed by atoms with Crippen LogP contribution in [0.25, 0.3) is 0 Å². The molecular weight excluding hydrogens is 265 g/mol. The van der Waals surface area contributed by atoms with Gasteiger partial charge in [-0.15, -0.1) is 0 Å². The van der Waals surface area contributed by atoms with Gasteiger partial charge in [0.2, 0.25) is 0 Å². The minimum atomic E-state index is -3.41. The second kappa shape index (κ2) is 5.59. The molecule has 0 saturated carbocycles. The molecule has 1 heterocycles. The maximum Gasteiger partial charge on any atom is 0.183 e. The van der Waals surface area contributed by atoms with E-state index in [1.807, 2.05) is 13.8 Å². The lowest BCUT2D eigenvalue weighted by molar-refractivity contribution is 0.481. The molecule has 0 radical (unpaired) electrons. The fourth-order valence-electron chi connectivity index (χ4n) is 2.70. The van der Waals surface area contributed by atoms with E-state index in [2.05, 4.69) is 5.32 Å². The van der Waals surface area contributed by atoms with Gasteiger partial charge in [0.15, 0.2) is 9.84 Å². The van der Waals surface area contributed by atoms with Crippen LogP contribution in [0.1, 0.15) is 44.7 Å². The van der Waals surface area contributed by atoms with Crippen LogP contribution in [0.4, 0.5) is 4.39 Å². The summed E-state index contributed by atoms with van der Waals surface area (Å²) in [6, 6.07) is 3.88. The van der Waals surface area contributed by atoms with Gasteiger partial charge in [0, 0.05) is 0 Å².